The molecule has 0 saturated carbocycles. The summed E-state index contributed by atoms with van der Waals surface area (Å²) in [6.07, 6.45) is 2.03. The standard InChI is InChI=1S/C10H14ClNO.ClH/c1-2-3-7-4-8(6-12)10(13)9(11)5-7;/h4-5,13H,2-3,6,12H2,1H3;1H. The summed E-state index contributed by atoms with van der Waals surface area (Å²) >= 11 is 5.83. The molecule has 0 aliphatic rings. The molecule has 0 aliphatic heterocycles. The summed E-state index contributed by atoms with van der Waals surface area (Å²) in [5.41, 5.74) is 7.31. The van der Waals surface area contributed by atoms with Crippen LogP contribution in [-0.4, -0.2) is 5.11 Å². The summed E-state index contributed by atoms with van der Waals surface area (Å²) in [4.78, 5) is 0. The highest BCUT2D eigenvalue weighted by molar-refractivity contribution is 6.32. The first-order valence-electron chi connectivity index (χ1n) is 4.39. The molecule has 0 atom stereocenters. The highest BCUT2D eigenvalue weighted by Gasteiger charge is 2.06. The van der Waals surface area contributed by atoms with Crippen LogP contribution in [0, 0.1) is 0 Å². The Bertz CT molecular complexity index is 302. The van der Waals surface area contributed by atoms with Gasteiger partial charge >= 0.3 is 0 Å². The van der Waals surface area contributed by atoms with E-state index in [9.17, 15) is 5.11 Å². The van der Waals surface area contributed by atoms with Gasteiger partial charge in [0.15, 0.2) is 0 Å². The van der Waals surface area contributed by atoms with Crippen molar-refractivity contribution < 1.29 is 5.11 Å². The van der Waals surface area contributed by atoms with Gasteiger partial charge in [-0.2, -0.15) is 0 Å². The lowest BCUT2D eigenvalue weighted by molar-refractivity contribution is 0.468. The Morgan fingerprint density at radius 3 is 2.57 bits per heavy atom. The summed E-state index contributed by atoms with van der Waals surface area (Å²) in [5, 5.41) is 9.87. The molecule has 1 rings (SSSR count). The van der Waals surface area contributed by atoms with Crippen molar-refractivity contribution in [1.82, 2.24) is 0 Å². The summed E-state index contributed by atoms with van der Waals surface area (Å²) in [7, 11) is 0. The minimum Gasteiger partial charge on any atom is -0.506 e. The van der Waals surface area contributed by atoms with Gasteiger partial charge in [0.1, 0.15) is 5.75 Å². The first-order chi connectivity index (χ1) is 6.19. The summed E-state index contributed by atoms with van der Waals surface area (Å²) in [6.45, 7) is 2.42. The molecule has 0 fully saturated rings. The second-order valence-corrected chi connectivity index (χ2v) is 3.45. The van der Waals surface area contributed by atoms with Crippen LogP contribution in [0.1, 0.15) is 24.5 Å². The lowest BCUT2D eigenvalue weighted by Gasteiger charge is -2.07. The number of aromatic hydroxyl groups is 1. The molecule has 0 unspecified atom stereocenters. The number of rotatable bonds is 3. The molecule has 0 heterocycles. The Hall–Kier alpha value is -0.440. The van der Waals surface area contributed by atoms with Gasteiger partial charge in [0, 0.05) is 12.1 Å². The molecule has 2 nitrogen and oxygen atoms in total. The quantitative estimate of drug-likeness (QED) is 0.847. The maximum Gasteiger partial charge on any atom is 0.138 e. The number of benzene rings is 1. The van der Waals surface area contributed by atoms with Crippen molar-refractivity contribution in [3.05, 3.63) is 28.3 Å². The van der Waals surface area contributed by atoms with E-state index in [0.717, 1.165) is 24.0 Å². The first-order valence-corrected chi connectivity index (χ1v) is 4.77. The molecule has 0 saturated heterocycles. The SMILES string of the molecule is CCCc1cc(Cl)c(O)c(CN)c1.Cl. The zero-order chi connectivity index (χ0) is 9.84. The van der Waals surface area contributed by atoms with Crippen LogP contribution < -0.4 is 5.73 Å². The molecule has 1 aromatic carbocycles. The van der Waals surface area contributed by atoms with Crippen LogP contribution in [0.25, 0.3) is 0 Å². The lowest BCUT2D eigenvalue weighted by Crippen LogP contribution is -1.98. The molecule has 0 amide bonds. The van der Waals surface area contributed by atoms with E-state index in [1.54, 1.807) is 6.07 Å². The molecular formula is C10H15Cl2NO. The molecular weight excluding hydrogens is 221 g/mol. The Labute approximate surface area is 95.5 Å². The molecule has 3 N–H and O–H groups in total. The summed E-state index contributed by atoms with van der Waals surface area (Å²) in [5.74, 6) is 0.115. The zero-order valence-corrected chi connectivity index (χ0v) is 9.66. The molecule has 0 bridgehead atoms. The second kappa shape index (κ2) is 6.12. The molecule has 0 aromatic heterocycles. The van der Waals surface area contributed by atoms with Gasteiger partial charge in [0.25, 0.3) is 0 Å². The van der Waals surface area contributed by atoms with Gasteiger partial charge < -0.3 is 10.8 Å². The van der Waals surface area contributed by atoms with Gasteiger partial charge in [-0.3, -0.25) is 0 Å². The van der Waals surface area contributed by atoms with Gasteiger partial charge in [0.05, 0.1) is 5.02 Å². The van der Waals surface area contributed by atoms with Crippen LogP contribution in [0.2, 0.25) is 5.02 Å². The normalized spacial score (nSPS) is 9.64. The highest BCUT2D eigenvalue weighted by Crippen LogP contribution is 2.29. The fraction of sp³-hybridized carbons (Fsp3) is 0.400. The van der Waals surface area contributed by atoms with Crippen LogP contribution in [0.3, 0.4) is 0 Å². The monoisotopic (exact) mass is 235 g/mol. The average Bonchev–Trinajstić information content (AvgIpc) is 2.11. The predicted molar refractivity (Wildman–Crippen MR) is 62.3 cm³/mol. The van der Waals surface area contributed by atoms with E-state index in [-0.39, 0.29) is 18.2 Å². The lowest BCUT2D eigenvalue weighted by atomic mass is 10.1. The van der Waals surface area contributed by atoms with Crippen molar-refractivity contribution in [1.29, 1.82) is 0 Å². The molecule has 0 radical (unpaired) electrons. The van der Waals surface area contributed by atoms with Gasteiger partial charge in [0.2, 0.25) is 0 Å². The van der Waals surface area contributed by atoms with E-state index >= 15 is 0 Å². The fourth-order valence-electron chi connectivity index (χ4n) is 1.31. The predicted octanol–water partition coefficient (Wildman–Crippen LogP) is 2.88. The minimum absolute atomic E-state index is 0. The molecule has 80 valence electrons. The third-order valence-corrected chi connectivity index (χ3v) is 2.25. The van der Waals surface area contributed by atoms with Gasteiger partial charge in [-0.05, 0) is 18.1 Å². The van der Waals surface area contributed by atoms with Crippen molar-refractivity contribution >= 4 is 24.0 Å². The molecule has 0 aliphatic carbocycles. The average molecular weight is 236 g/mol. The first kappa shape index (κ1) is 13.6. The minimum atomic E-state index is 0. The summed E-state index contributed by atoms with van der Waals surface area (Å²) in [6, 6.07) is 3.70. The van der Waals surface area contributed by atoms with Crippen LogP contribution >= 0.6 is 24.0 Å². The van der Waals surface area contributed by atoms with Gasteiger partial charge in [-0.15, -0.1) is 12.4 Å². The van der Waals surface area contributed by atoms with E-state index in [4.69, 9.17) is 17.3 Å². The number of phenols is 1. The van der Waals surface area contributed by atoms with Crippen LogP contribution in [0.5, 0.6) is 5.75 Å². The maximum absolute atomic E-state index is 9.48. The van der Waals surface area contributed by atoms with E-state index in [1.807, 2.05) is 6.07 Å². The number of phenolic OH excluding ortho intramolecular Hbond substituents is 1. The smallest absolute Gasteiger partial charge is 0.138 e. The largest absolute Gasteiger partial charge is 0.506 e. The summed E-state index contributed by atoms with van der Waals surface area (Å²) < 4.78 is 0. The number of nitrogens with two attached hydrogens (primary N) is 1. The Kier molecular flexibility index (Phi) is 5.93. The van der Waals surface area contributed by atoms with Crippen LogP contribution in [0.15, 0.2) is 12.1 Å². The fourth-order valence-corrected chi connectivity index (χ4v) is 1.57. The number of hydrogen-bond acceptors (Lipinski definition) is 2. The Balaban J connectivity index is 0.00000169. The van der Waals surface area contributed by atoms with E-state index in [1.165, 1.54) is 0 Å². The molecule has 14 heavy (non-hydrogen) atoms. The van der Waals surface area contributed by atoms with Gasteiger partial charge in [-0.25, -0.2) is 0 Å². The van der Waals surface area contributed by atoms with Crippen LogP contribution in [0.4, 0.5) is 0 Å². The topological polar surface area (TPSA) is 46.2 Å². The van der Waals surface area contributed by atoms with Crippen molar-refractivity contribution in [2.24, 2.45) is 5.73 Å². The highest BCUT2D eigenvalue weighted by atomic mass is 35.5. The second-order valence-electron chi connectivity index (χ2n) is 3.04. The Morgan fingerprint density at radius 1 is 1.43 bits per heavy atom. The molecule has 1 aromatic rings. The van der Waals surface area contributed by atoms with Crippen LogP contribution in [-0.2, 0) is 13.0 Å². The number of halogens is 2. The van der Waals surface area contributed by atoms with Gasteiger partial charge in [-0.1, -0.05) is 31.0 Å². The molecule has 0 spiro atoms. The maximum atomic E-state index is 9.48. The van der Waals surface area contributed by atoms with Crippen molar-refractivity contribution in [2.75, 3.05) is 0 Å². The van der Waals surface area contributed by atoms with Crippen molar-refractivity contribution in [3.63, 3.8) is 0 Å². The third-order valence-electron chi connectivity index (χ3n) is 1.96. The number of aryl methyl sites for hydroxylation is 1. The van der Waals surface area contributed by atoms with E-state index in [0.29, 0.717) is 11.6 Å². The third kappa shape index (κ3) is 3.05. The van der Waals surface area contributed by atoms with Crippen molar-refractivity contribution in [2.45, 2.75) is 26.3 Å². The van der Waals surface area contributed by atoms with Crippen molar-refractivity contribution in [3.8, 4) is 5.75 Å². The number of hydrogen-bond donors (Lipinski definition) is 2. The van der Waals surface area contributed by atoms with E-state index in [2.05, 4.69) is 6.92 Å². The zero-order valence-electron chi connectivity index (χ0n) is 8.09. The Morgan fingerprint density at radius 2 is 2.07 bits per heavy atom. The van der Waals surface area contributed by atoms with E-state index < -0.39 is 0 Å². The molecule has 4 heteroatoms.